The second-order valence-electron chi connectivity index (χ2n) is 7.36. The lowest BCUT2D eigenvalue weighted by atomic mass is 9.84. The van der Waals surface area contributed by atoms with Crippen LogP contribution in [-0.4, -0.2) is 40.8 Å². The van der Waals surface area contributed by atoms with Gasteiger partial charge >= 0.3 is 0 Å². The van der Waals surface area contributed by atoms with E-state index in [-0.39, 0.29) is 17.6 Å². The number of guanidine groups is 1. The van der Waals surface area contributed by atoms with Crippen LogP contribution in [0.4, 0.5) is 0 Å². The normalized spacial score (nSPS) is 18.1. The number of nitrogens with two attached hydrogens (primary N) is 1. The van der Waals surface area contributed by atoms with E-state index in [0.29, 0.717) is 55.0 Å². The van der Waals surface area contributed by atoms with Crippen LogP contribution >= 0.6 is 0 Å². The number of hydrogen-bond acceptors (Lipinski definition) is 6. The van der Waals surface area contributed by atoms with Crippen molar-refractivity contribution in [3.05, 3.63) is 53.3 Å². The monoisotopic (exact) mass is 421 g/mol. The molecule has 2 heterocycles. The van der Waals surface area contributed by atoms with Gasteiger partial charge in [-0.1, -0.05) is 19.1 Å². The number of carbonyl (C=O) groups excluding carboxylic acids is 2. The molecular weight excluding hydrogens is 394 g/mol. The summed E-state index contributed by atoms with van der Waals surface area (Å²) in [4.78, 5) is 31.9. The highest BCUT2D eigenvalue weighted by Gasteiger charge is 2.50. The molecule has 0 saturated carbocycles. The second-order valence-corrected chi connectivity index (χ2v) is 7.36. The van der Waals surface area contributed by atoms with Crippen LogP contribution in [-0.2, 0) is 16.9 Å². The van der Waals surface area contributed by atoms with Gasteiger partial charge in [0.15, 0.2) is 17.3 Å². The van der Waals surface area contributed by atoms with Crippen molar-refractivity contribution in [1.82, 2.24) is 9.47 Å². The number of aromatic nitrogens is 1. The van der Waals surface area contributed by atoms with Crippen LogP contribution in [0.5, 0.6) is 5.75 Å². The average Bonchev–Trinajstić information content (AvgIpc) is 3.32. The topological polar surface area (TPSA) is 114 Å². The number of nitrogens with zero attached hydrogens (tertiary/aromatic N) is 4. The zero-order chi connectivity index (χ0) is 22.6. The number of carbonyl (C=O) groups is 2. The van der Waals surface area contributed by atoms with E-state index in [2.05, 4.69) is 11.1 Å². The van der Waals surface area contributed by atoms with Gasteiger partial charge in [-0.2, -0.15) is 5.26 Å². The first-order valence-electron chi connectivity index (χ1n) is 10.4. The molecule has 3 rings (SSSR count). The van der Waals surface area contributed by atoms with Gasteiger partial charge in [-0.3, -0.25) is 14.5 Å². The van der Waals surface area contributed by atoms with Crippen molar-refractivity contribution in [2.45, 2.75) is 45.2 Å². The van der Waals surface area contributed by atoms with Gasteiger partial charge in [0.25, 0.3) is 5.91 Å². The van der Waals surface area contributed by atoms with Crippen LogP contribution in [0.2, 0.25) is 0 Å². The van der Waals surface area contributed by atoms with Crippen molar-refractivity contribution in [2.24, 2.45) is 10.7 Å². The SMILES string of the molecule is CCC(=O)c1cc(C2(c3cccc(OCCCC#N)c3)N=C(N)N(C)C2=O)cn1CC. The van der Waals surface area contributed by atoms with Crippen molar-refractivity contribution in [1.29, 1.82) is 5.26 Å². The van der Waals surface area contributed by atoms with E-state index in [4.69, 9.17) is 15.7 Å². The summed E-state index contributed by atoms with van der Waals surface area (Å²) in [6.45, 7) is 4.73. The van der Waals surface area contributed by atoms with E-state index in [1.807, 2.05) is 18.4 Å². The summed E-state index contributed by atoms with van der Waals surface area (Å²) in [5.41, 5.74) is 6.39. The third-order valence-corrected chi connectivity index (χ3v) is 5.46. The molecule has 1 aromatic carbocycles. The summed E-state index contributed by atoms with van der Waals surface area (Å²) in [6.07, 6.45) is 3.19. The van der Waals surface area contributed by atoms with E-state index in [1.54, 1.807) is 43.6 Å². The highest BCUT2D eigenvalue weighted by molar-refractivity contribution is 6.09. The van der Waals surface area contributed by atoms with Gasteiger partial charge in [0.1, 0.15) is 5.75 Å². The van der Waals surface area contributed by atoms with Crippen molar-refractivity contribution in [3.8, 4) is 11.8 Å². The van der Waals surface area contributed by atoms with Crippen LogP contribution in [0.25, 0.3) is 0 Å². The predicted molar refractivity (Wildman–Crippen MR) is 117 cm³/mol. The molecule has 1 atom stereocenters. The molecule has 0 radical (unpaired) electrons. The Balaban J connectivity index is 2.12. The molecule has 31 heavy (non-hydrogen) atoms. The number of Topliss-reactive ketones (excluding diaryl/α,β-unsaturated/α-hetero) is 1. The van der Waals surface area contributed by atoms with E-state index in [0.717, 1.165) is 0 Å². The Morgan fingerprint density at radius 3 is 2.68 bits per heavy atom. The van der Waals surface area contributed by atoms with Crippen LogP contribution < -0.4 is 10.5 Å². The third-order valence-electron chi connectivity index (χ3n) is 5.46. The van der Waals surface area contributed by atoms with Crippen molar-refractivity contribution < 1.29 is 14.3 Å². The summed E-state index contributed by atoms with van der Waals surface area (Å²) in [5, 5.41) is 8.69. The number of rotatable bonds is 9. The summed E-state index contributed by atoms with van der Waals surface area (Å²) in [5.74, 6) is 0.382. The van der Waals surface area contributed by atoms with Crippen molar-refractivity contribution in [3.63, 3.8) is 0 Å². The number of hydrogen-bond donors (Lipinski definition) is 1. The molecule has 1 amide bonds. The molecule has 2 N–H and O–H groups in total. The molecule has 2 aromatic rings. The van der Waals surface area contributed by atoms with Crippen molar-refractivity contribution in [2.75, 3.05) is 13.7 Å². The molecule has 1 aromatic heterocycles. The van der Waals surface area contributed by atoms with E-state index >= 15 is 0 Å². The van der Waals surface area contributed by atoms with Gasteiger partial charge < -0.3 is 15.0 Å². The molecule has 0 spiro atoms. The van der Waals surface area contributed by atoms with Crippen LogP contribution in [0.3, 0.4) is 0 Å². The maximum Gasteiger partial charge on any atom is 0.266 e. The fourth-order valence-electron chi connectivity index (χ4n) is 3.72. The molecular formula is C23H27N5O3. The zero-order valence-electron chi connectivity index (χ0n) is 18.1. The Kier molecular flexibility index (Phi) is 6.44. The molecule has 8 nitrogen and oxygen atoms in total. The van der Waals surface area contributed by atoms with Crippen LogP contribution in [0.15, 0.2) is 41.5 Å². The van der Waals surface area contributed by atoms with Gasteiger partial charge in [0.2, 0.25) is 0 Å². The largest absolute Gasteiger partial charge is 0.494 e. The Bertz CT molecular complexity index is 1070. The fraction of sp³-hybridized carbons (Fsp3) is 0.391. The van der Waals surface area contributed by atoms with E-state index in [9.17, 15) is 9.59 Å². The number of nitriles is 1. The summed E-state index contributed by atoms with van der Waals surface area (Å²) < 4.78 is 7.60. The Morgan fingerprint density at radius 2 is 2.06 bits per heavy atom. The highest BCUT2D eigenvalue weighted by Crippen LogP contribution is 2.41. The Morgan fingerprint density at radius 1 is 1.29 bits per heavy atom. The first-order valence-corrected chi connectivity index (χ1v) is 10.4. The standard InChI is InChI=1S/C23H27N5O3/c1-4-20(29)19-14-17(15-28(19)5-2)23(21(30)27(3)22(25)26-23)16-9-8-10-18(13-16)31-12-7-6-11-24/h8-10,13-15H,4-7,12H2,1-3H3,(H2,25,26). The summed E-state index contributed by atoms with van der Waals surface area (Å²) >= 11 is 0. The number of likely N-dealkylation sites (N-methyl/N-ethyl adjacent to an activating group) is 1. The second kappa shape index (κ2) is 9.04. The summed E-state index contributed by atoms with van der Waals surface area (Å²) in [6, 6.07) is 11.0. The van der Waals surface area contributed by atoms with Gasteiger partial charge in [-0.25, -0.2) is 4.99 Å². The number of aliphatic imine (C=N–C) groups is 1. The molecule has 162 valence electrons. The van der Waals surface area contributed by atoms with Crippen molar-refractivity contribution >= 4 is 17.6 Å². The first kappa shape index (κ1) is 22.1. The third kappa shape index (κ3) is 3.91. The molecule has 1 aliphatic heterocycles. The Hall–Kier alpha value is -3.60. The van der Waals surface area contributed by atoms with Crippen LogP contribution in [0.1, 0.15) is 54.7 Å². The lowest BCUT2D eigenvalue weighted by Gasteiger charge is -2.25. The van der Waals surface area contributed by atoms with Gasteiger partial charge in [-0.05, 0) is 37.1 Å². The highest BCUT2D eigenvalue weighted by atomic mass is 16.5. The molecule has 1 aliphatic rings. The lowest BCUT2D eigenvalue weighted by Crippen LogP contribution is -2.41. The van der Waals surface area contributed by atoms with E-state index in [1.165, 1.54) is 4.90 Å². The Labute approximate surface area is 181 Å². The van der Waals surface area contributed by atoms with Crippen LogP contribution in [0, 0.1) is 11.3 Å². The van der Waals surface area contributed by atoms with E-state index < -0.39 is 5.54 Å². The summed E-state index contributed by atoms with van der Waals surface area (Å²) in [7, 11) is 1.58. The number of unbranched alkanes of at least 4 members (excludes halogenated alkanes) is 1. The fourth-order valence-corrected chi connectivity index (χ4v) is 3.72. The minimum Gasteiger partial charge on any atom is -0.494 e. The number of benzene rings is 1. The zero-order valence-corrected chi connectivity index (χ0v) is 18.1. The number of aryl methyl sites for hydroxylation is 1. The first-order chi connectivity index (χ1) is 14.9. The minimum absolute atomic E-state index is 0.00595. The minimum atomic E-state index is -1.39. The van der Waals surface area contributed by atoms with Gasteiger partial charge in [-0.15, -0.1) is 0 Å². The number of ketones is 1. The lowest BCUT2D eigenvalue weighted by molar-refractivity contribution is -0.129. The number of amides is 1. The quantitative estimate of drug-likeness (QED) is 0.494. The average molecular weight is 422 g/mol. The smallest absolute Gasteiger partial charge is 0.266 e. The number of ether oxygens (including phenoxy) is 1. The molecule has 8 heteroatoms. The molecule has 0 bridgehead atoms. The van der Waals surface area contributed by atoms with Gasteiger partial charge in [0, 0.05) is 38.2 Å². The maximum absolute atomic E-state index is 13.5. The predicted octanol–water partition coefficient (Wildman–Crippen LogP) is 2.81. The molecule has 0 fully saturated rings. The maximum atomic E-state index is 13.5. The molecule has 1 unspecified atom stereocenters. The molecule has 0 saturated heterocycles. The molecule has 0 aliphatic carbocycles. The van der Waals surface area contributed by atoms with Gasteiger partial charge in [0.05, 0.1) is 18.4 Å².